The van der Waals surface area contributed by atoms with E-state index in [0.717, 1.165) is 31.1 Å². The first-order chi connectivity index (χ1) is 13.2. The van der Waals surface area contributed by atoms with Crippen molar-refractivity contribution < 1.29 is 8.78 Å². The third-order valence-corrected chi connectivity index (χ3v) is 5.40. The summed E-state index contributed by atoms with van der Waals surface area (Å²) in [4.78, 5) is 0. The van der Waals surface area contributed by atoms with Gasteiger partial charge in [-0.1, -0.05) is 29.5 Å². The van der Waals surface area contributed by atoms with Crippen LogP contribution in [-0.4, -0.2) is 19.6 Å². The Morgan fingerprint density at radius 3 is 2.85 bits per heavy atom. The lowest BCUT2D eigenvalue weighted by molar-refractivity contribution is 0.330. The van der Waals surface area contributed by atoms with Crippen molar-refractivity contribution in [2.45, 2.75) is 31.8 Å². The molecule has 136 valence electrons. The Morgan fingerprint density at radius 2 is 1.96 bits per heavy atom. The fourth-order valence-electron chi connectivity index (χ4n) is 4.07. The molecule has 0 saturated carbocycles. The quantitative estimate of drug-likeness (QED) is 0.544. The Labute approximate surface area is 155 Å². The van der Waals surface area contributed by atoms with Crippen LogP contribution in [0.1, 0.15) is 29.4 Å². The first-order valence-corrected chi connectivity index (χ1v) is 9.09. The van der Waals surface area contributed by atoms with Gasteiger partial charge in [-0.05, 0) is 42.0 Å². The normalized spacial score (nSPS) is 16.6. The van der Waals surface area contributed by atoms with Crippen molar-refractivity contribution in [3.8, 4) is 0 Å². The molecule has 1 atom stereocenters. The lowest BCUT2D eigenvalue weighted by Gasteiger charge is -2.26. The van der Waals surface area contributed by atoms with Crippen LogP contribution < -0.4 is 0 Å². The fourth-order valence-corrected chi connectivity index (χ4v) is 4.07. The fraction of sp³-hybridized carbons (Fsp3) is 0.238. The molecule has 0 N–H and O–H groups in total. The molecule has 1 unspecified atom stereocenters. The summed E-state index contributed by atoms with van der Waals surface area (Å²) in [6.45, 7) is 0.811. The van der Waals surface area contributed by atoms with Gasteiger partial charge in [0.1, 0.15) is 11.6 Å². The summed E-state index contributed by atoms with van der Waals surface area (Å²) in [5, 5.41) is 9.58. The highest BCUT2D eigenvalue weighted by atomic mass is 19.1. The molecule has 0 aliphatic carbocycles. The maximum atomic E-state index is 14.1. The molecule has 1 aliphatic rings. The molecule has 5 rings (SSSR count). The molecule has 6 heteroatoms. The van der Waals surface area contributed by atoms with Gasteiger partial charge in [0, 0.05) is 30.2 Å². The van der Waals surface area contributed by atoms with Gasteiger partial charge in [-0.3, -0.25) is 0 Å². The number of para-hydroxylation sites is 1. The van der Waals surface area contributed by atoms with E-state index in [1.807, 2.05) is 4.68 Å². The van der Waals surface area contributed by atoms with E-state index in [0.29, 0.717) is 12.0 Å². The average molecular weight is 364 g/mol. The number of rotatable bonds is 3. The minimum absolute atomic E-state index is 0.161. The topological polar surface area (TPSA) is 35.6 Å². The zero-order chi connectivity index (χ0) is 18.4. The van der Waals surface area contributed by atoms with E-state index in [1.54, 1.807) is 6.20 Å². The van der Waals surface area contributed by atoms with Crippen LogP contribution >= 0.6 is 0 Å². The molecular weight excluding hydrogens is 346 g/mol. The van der Waals surface area contributed by atoms with Gasteiger partial charge in [0.15, 0.2) is 0 Å². The molecule has 0 saturated heterocycles. The summed E-state index contributed by atoms with van der Waals surface area (Å²) in [5.41, 5.74) is 3.84. The first kappa shape index (κ1) is 16.2. The molecule has 0 fully saturated rings. The summed E-state index contributed by atoms with van der Waals surface area (Å²) < 4.78 is 31.5. The van der Waals surface area contributed by atoms with Gasteiger partial charge >= 0.3 is 0 Å². The van der Waals surface area contributed by atoms with Crippen LogP contribution in [0.3, 0.4) is 0 Å². The number of benzene rings is 2. The number of nitrogens with zero attached hydrogens (tertiary/aromatic N) is 4. The summed E-state index contributed by atoms with van der Waals surface area (Å²) in [6, 6.07) is 14.5. The lowest BCUT2D eigenvalue weighted by Crippen LogP contribution is -2.25. The number of aromatic nitrogens is 4. The maximum absolute atomic E-state index is 14.1. The van der Waals surface area contributed by atoms with E-state index in [1.165, 1.54) is 28.7 Å². The Bertz CT molecular complexity index is 1130. The predicted molar refractivity (Wildman–Crippen MR) is 98.5 cm³/mol. The highest BCUT2D eigenvalue weighted by Gasteiger charge is 2.24. The van der Waals surface area contributed by atoms with Crippen molar-refractivity contribution in [3.05, 3.63) is 83.3 Å². The molecule has 27 heavy (non-hydrogen) atoms. The zero-order valence-corrected chi connectivity index (χ0v) is 14.6. The summed E-state index contributed by atoms with van der Waals surface area (Å²) >= 11 is 0. The van der Waals surface area contributed by atoms with Gasteiger partial charge in [-0.15, -0.1) is 5.10 Å². The van der Waals surface area contributed by atoms with Crippen LogP contribution in [0, 0.1) is 11.6 Å². The van der Waals surface area contributed by atoms with Crippen LogP contribution in [0.4, 0.5) is 8.78 Å². The maximum Gasteiger partial charge on any atom is 0.129 e. The van der Waals surface area contributed by atoms with Crippen molar-refractivity contribution in [3.63, 3.8) is 0 Å². The Morgan fingerprint density at radius 1 is 1.07 bits per heavy atom. The molecule has 0 amide bonds. The molecule has 2 aromatic heterocycles. The molecular formula is C21H18F2N4. The second-order valence-corrected chi connectivity index (χ2v) is 7.08. The predicted octanol–water partition coefficient (Wildman–Crippen LogP) is 4.29. The van der Waals surface area contributed by atoms with Gasteiger partial charge < -0.3 is 4.57 Å². The highest BCUT2D eigenvalue weighted by molar-refractivity contribution is 5.81. The van der Waals surface area contributed by atoms with E-state index in [2.05, 4.69) is 45.2 Å². The van der Waals surface area contributed by atoms with Gasteiger partial charge in [0.05, 0.1) is 17.9 Å². The molecule has 0 radical (unpaired) electrons. The van der Waals surface area contributed by atoms with Crippen molar-refractivity contribution in [1.82, 2.24) is 19.6 Å². The Hall–Kier alpha value is -3.02. The zero-order valence-electron chi connectivity index (χ0n) is 14.6. The van der Waals surface area contributed by atoms with Crippen molar-refractivity contribution in [2.24, 2.45) is 0 Å². The molecule has 0 spiro atoms. The number of halogens is 2. The van der Waals surface area contributed by atoms with Crippen LogP contribution in [0.2, 0.25) is 0 Å². The van der Waals surface area contributed by atoms with Gasteiger partial charge in [0.2, 0.25) is 0 Å². The van der Waals surface area contributed by atoms with E-state index in [4.69, 9.17) is 0 Å². The van der Waals surface area contributed by atoms with E-state index >= 15 is 0 Å². The first-order valence-electron chi connectivity index (χ1n) is 9.09. The molecule has 4 aromatic rings. The van der Waals surface area contributed by atoms with Gasteiger partial charge in [-0.2, -0.15) is 0 Å². The van der Waals surface area contributed by atoms with Crippen molar-refractivity contribution in [2.75, 3.05) is 0 Å². The third kappa shape index (κ3) is 2.81. The molecule has 4 nitrogen and oxygen atoms in total. The standard InChI is InChI=1S/C21H18F2N4/c22-16-6-5-14(20(23)11-16)9-19-12-24-25-27(19)18-8-7-17-10-15-3-1-2-4-21(15)26(17)13-18/h1-6,10-12,18H,7-9,13H2. The van der Waals surface area contributed by atoms with Crippen molar-refractivity contribution >= 4 is 10.9 Å². The number of hydrogen-bond donors (Lipinski definition) is 0. The van der Waals surface area contributed by atoms with Crippen LogP contribution in [-0.2, 0) is 19.4 Å². The number of hydrogen-bond acceptors (Lipinski definition) is 2. The second kappa shape index (κ2) is 6.30. The van der Waals surface area contributed by atoms with E-state index in [-0.39, 0.29) is 6.04 Å². The van der Waals surface area contributed by atoms with E-state index in [9.17, 15) is 8.78 Å². The summed E-state index contributed by atoms with van der Waals surface area (Å²) in [7, 11) is 0. The minimum atomic E-state index is -0.567. The summed E-state index contributed by atoms with van der Waals surface area (Å²) in [5.74, 6) is -1.10. The largest absolute Gasteiger partial charge is 0.342 e. The molecule has 0 bridgehead atoms. The molecule has 3 heterocycles. The average Bonchev–Trinajstić information content (AvgIpc) is 3.27. The number of aryl methyl sites for hydroxylation is 1. The minimum Gasteiger partial charge on any atom is -0.342 e. The van der Waals surface area contributed by atoms with Crippen LogP contribution in [0.15, 0.2) is 54.7 Å². The SMILES string of the molecule is Fc1ccc(Cc2cnnn2C2CCc3cc4ccccc4n3C2)c(F)c1. The van der Waals surface area contributed by atoms with E-state index < -0.39 is 11.6 Å². The van der Waals surface area contributed by atoms with Crippen molar-refractivity contribution in [1.29, 1.82) is 0 Å². The highest BCUT2D eigenvalue weighted by Crippen LogP contribution is 2.30. The summed E-state index contributed by atoms with van der Waals surface area (Å²) in [6.07, 6.45) is 3.93. The van der Waals surface area contributed by atoms with Crippen LogP contribution in [0.25, 0.3) is 10.9 Å². The molecule has 1 aliphatic heterocycles. The smallest absolute Gasteiger partial charge is 0.129 e. The third-order valence-electron chi connectivity index (χ3n) is 5.40. The van der Waals surface area contributed by atoms with Gasteiger partial charge in [-0.25, -0.2) is 13.5 Å². The Kier molecular flexibility index (Phi) is 3.77. The number of fused-ring (bicyclic) bond motifs is 3. The monoisotopic (exact) mass is 364 g/mol. The lowest BCUT2D eigenvalue weighted by atomic mass is 10.0. The molecule has 2 aromatic carbocycles. The van der Waals surface area contributed by atoms with Crippen LogP contribution in [0.5, 0.6) is 0 Å². The Balaban J connectivity index is 1.46. The second-order valence-electron chi connectivity index (χ2n) is 7.08. The van der Waals surface area contributed by atoms with Gasteiger partial charge in [0.25, 0.3) is 0 Å².